The van der Waals surface area contributed by atoms with E-state index in [2.05, 4.69) is 22.2 Å². The average Bonchev–Trinajstić information content (AvgIpc) is 3.24. The molecule has 0 spiro atoms. The van der Waals surface area contributed by atoms with Gasteiger partial charge < -0.3 is 29.8 Å². The Labute approximate surface area is 206 Å². The number of rotatable bonds is 8. The van der Waals surface area contributed by atoms with E-state index >= 15 is 0 Å². The van der Waals surface area contributed by atoms with Crippen LogP contribution in [0.1, 0.15) is 5.56 Å². The summed E-state index contributed by atoms with van der Waals surface area (Å²) in [6, 6.07) is 9.50. The van der Waals surface area contributed by atoms with E-state index in [4.69, 9.17) is 9.47 Å². The van der Waals surface area contributed by atoms with Crippen molar-refractivity contribution in [2.24, 2.45) is 0 Å². The zero-order valence-electron chi connectivity index (χ0n) is 19.5. The summed E-state index contributed by atoms with van der Waals surface area (Å²) in [7, 11) is 0. The van der Waals surface area contributed by atoms with Crippen LogP contribution < -0.4 is 25.8 Å². The van der Waals surface area contributed by atoms with Crippen molar-refractivity contribution < 1.29 is 23.8 Å². The number of nitrogens with zero attached hydrogens (tertiary/aromatic N) is 3. The predicted octanol–water partition coefficient (Wildman–Crippen LogP) is 2.00. The summed E-state index contributed by atoms with van der Waals surface area (Å²) in [5.74, 6) is 1.10. The van der Waals surface area contributed by atoms with E-state index in [0.29, 0.717) is 66.8 Å². The van der Waals surface area contributed by atoms with Crippen LogP contribution in [-0.2, 0) is 17.7 Å². The highest BCUT2D eigenvalue weighted by molar-refractivity contribution is 5.89. The molecule has 0 saturated carbocycles. The summed E-state index contributed by atoms with van der Waals surface area (Å²) in [5, 5.41) is 16.4. The summed E-state index contributed by atoms with van der Waals surface area (Å²) in [4.78, 5) is 30.7. The Bertz CT molecular complexity index is 1390. The van der Waals surface area contributed by atoms with Crippen molar-refractivity contribution in [3.63, 3.8) is 0 Å². The van der Waals surface area contributed by atoms with Gasteiger partial charge in [-0.25, -0.2) is 14.2 Å². The maximum absolute atomic E-state index is 14.7. The number of amides is 1. The van der Waals surface area contributed by atoms with E-state index in [1.165, 1.54) is 21.6 Å². The van der Waals surface area contributed by atoms with Crippen molar-refractivity contribution in [2.75, 3.05) is 43.1 Å². The molecule has 0 aliphatic carbocycles. The van der Waals surface area contributed by atoms with Crippen LogP contribution in [0.15, 0.2) is 53.5 Å². The molecule has 2 aliphatic rings. The fourth-order valence-electron chi connectivity index (χ4n) is 4.46. The van der Waals surface area contributed by atoms with Crippen molar-refractivity contribution in [2.45, 2.75) is 19.1 Å². The minimum atomic E-state index is -0.502. The number of anilines is 2. The Morgan fingerprint density at radius 1 is 1.22 bits per heavy atom. The van der Waals surface area contributed by atoms with E-state index in [-0.39, 0.29) is 18.7 Å². The number of halogens is 1. The molecule has 11 heteroatoms. The zero-order chi connectivity index (χ0) is 25.2. The first-order valence-corrected chi connectivity index (χ1v) is 11.6. The molecule has 0 radical (unpaired) electrons. The second kappa shape index (κ2) is 9.96. The van der Waals surface area contributed by atoms with Crippen LogP contribution in [0.3, 0.4) is 0 Å². The van der Waals surface area contributed by atoms with Gasteiger partial charge in [-0.1, -0.05) is 6.58 Å². The number of hydrogen-bond acceptors (Lipinski definition) is 8. The molecule has 2 aromatic heterocycles. The van der Waals surface area contributed by atoms with Crippen molar-refractivity contribution >= 4 is 28.6 Å². The quantitative estimate of drug-likeness (QED) is 0.406. The van der Waals surface area contributed by atoms with Crippen LogP contribution in [0, 0.1) is 5.82 Å². The van der Waals surface area contributed by atoms with Gasteiger partial charge in [-0.15, -0.1) is 0 Å². The number of pyridine rings is 2. The average molecular weight is 496 g/mol. The number of nitrogens with one attached hydrogen (secondary N) is 2. The number of ether oxygens (including phenoxy) is 2. The molecule has 0 unspecified atom stereocenters. The summed E-state index contributed by atoms with van der Waals surface area (Å²) in [6.07, 6.45) is -0.609. The molecular formula is C25H26FN5O5. The first-order valence-electron chi connectivity index (χ1n) is 11.6. The number of cyclic esters (lactones) is 1. The normalized spacial score (nSPS) is 17.1. The highest BCUT2D eigenvalue weighted by atomic mass is 19.1. The number of aromatic nitrogens is 2. The van der Waals surface area contributed by atoms with Gasteiger partial charge in [0, 0.05) is 30.4 Å². The third-order valence-corrected chi connectivity index (χ3v) is 6.14. The van der Waals surface area contributed by atoms with Crippen LogP contribution >= 0.6 is 0 Å². The van der Waals surface area contributed by atoms with Crippen LogP contribution in [0.2, 0.25) is 0 Å². The van der Waals surface area contributed by atoms with E-state index in [1.807, 2.05) is 0 Å². The number of aliphatic hydroxyl groups is 1. The first kappa shape index (κ1) is 23.8. The molecule has 3 aromatic rings. The fourth-order valence-corrected chi connectivity index (χ4v) is 4.46. The summed E-state index contributed by atoms with van der Waals surface area (Å²) < 4.78 is 27.1. The molecular weight excluding hydrogens is 469 g/mol. The lowest BCUT2D eigenvalue weighted by Crippen LogP contribution is -2.32. The van der Waals surface area contributed by atoms with E-state index < -0.39 is 18.0 Å². The lowest BCUT2D eigenvalue weighted by Gasteiger charge is -2.21. The monoisotopic (exact) mass is 495 g/mol. The maximum Gasteiger partial charge on any atom is 0.416 e. The summed E-state index contributed by atoms with van der Waals surface area (Å²) >= 11 is 0. The van der Waals surface area contributed by atoms with E-state index in [1.54, 1.807) is 24.3 Å². The lowest BCUT2D eigenvalue weighted by atomic mass is 10.1. The summed E-state index contributed by atoms with van der Waals surface area (Å²) in [6.45, 7) is 5.10. The molecule has 36 heavy (non-hydrogen) atoms. The summed E-state index contributed by atoms with van der Waals surface area (Å²) in [5.41, 5.74) is 1.26. The molecule has 4 heterocycles. The van der Waals surface area contributed by atoms with Crippen molar-refractivity contribution in [3.05, 3.63) is 70.4 Å². The smallest absolute Gasteiger partial charge is 0.416 e. The van der Waals surface area contributed by atoms with Gasteiger partial charge in [0.2, 0.25) is 0 Å². The maximum atomic E-state index is 14.7. The molecule has 1 atom stereocenters. The van der Waals surface area contributed by atoms with Gasteiger partial charge in [0.05, 0.1) is 18.7 Å². The van der Waals surface area contributed by atoms with Crippen molar-refractivity contribution in [1.29, 1.82) is 0 Å². The zero-order valence-corrected chi connectivity index (χ0v) is 19.5. The molecule has 0 bridgehead atoms. The van der Waals surface area contributed by atoms with Gasteiger partial charge in [0.25, 0.3) is 5.56 Å². The molecule has 188 valence electrons. The second-order valence-electron chi connectivity index (χ2n) is 8.61. The largest absolute Gasteiger partial charge is 0.484 e. The third-order valence-electron chi connectivity index (χ3n) is 6.14. The second-order valence-corrected chi connectivity index (χ2v) is 8.61. The molecule has 5 rings (SSSR count). The van der Waals surface area contributed by atoms with E-state index in [9.17, 15) is 19.1 Å². The van der Waals surface area contributed by atoms with Gasteiger partial charge in [0.1, 0.15) is 24.3 Å². The molecule has 1 amide bonds. The van der Waals surface area contributed by atoms with Crippen LogP contribution in [0.5, 0.6) is 5.75 Å². The fraction of sp³-hybridized carbons (Fsp3) is 0.320. The van der Waals surface area contributed by atoms with Crippen LogP contribution in [0.25, 0.3) is 10.9 Å². The highest BCUT2D eigenvalue weighted by Crippen LogP contribution is 2.31. The molecule has 10 nitrogen and oxygen atoms in total. The third kappa shape index (κ3) is 4.62. The SMILES string of the molecule is C=C1COc2ccc(N3C[C@H](CNCCc4c(F)ccc5ccc(=O)n(CCO)c45)OC3=O)nc2N1. The Morgan fingerprint density at radius 3 is 2.89 bits per heavy atom. The lowest BCUT2D eigenvalue weighted by molar-refractivity contribution is 0.140. The Balaban J connectivity index is 1.22. The van der Waals surface area contributed by atoms with Gasteiger partial charge in [-0.3, -0.25) is 9.69 Å². The highest BCUT2D eigenvalue weighted by Gasteiger charge is 2.33. The van der Waals surface area contributed by atoms with Gasteiger partial charge in [-0.05, 0) is 48.7 Å². The predicted molar refractivity (Wildman–Crippen MR) is 132 cm³/mol. The molecule has 1 fully saturated rings. The molecule has 3 N–H and O–H groups in total. The Hall–Kier alpha value is -3.96. The number of benzene rings is 1. The number of hydrogen-bond donors (Lipinski definition) is 3. The first-order chi connectivity index (χ1) is 17.4. The minimum Gasteiger partial charge on any atom is -0.484 e. The topological polar surface area (TPSA) is 118 Å². The molecule has 2 aliphatic heterocycles. The Kier molecular flexibility index (Phi) is 6.57. The standard InChI is InChI=1S/C25H26FN5O5/c1-15-14-35-20-5-6-21(29-24(20)28-15)31-13-17(36-25(31)34)12-27-9-8-18-19(26)4-2-16-3-7-22(33)30(10-11-32)23(16)18/h2-7,17,27,32H,1,8-14H2,(H,28,29)/t17-/m0/s1. The number of carbonyl (C=O) groups is 1. The number of carbonyl (C=O) groups excluding carboxylic acids is 1. The van der Waals surface area contributed by atoms with Crippen molar-refractivity contribution in [3.8, 4) is 5.75 Å². The molecule has 1 aromatic carbocycles. The van der Waals surface area contributed by atoms with Gasteiger partial charge in [0.15, 0.2) is 11.6 Å². The van der Waals surface area contributed by atoms with Crippen LogP contribution in [0.4, 0.5) is 20.8 Å². The van der Waals surface area contributed by atoms with Gasteiger partial charge >= 0.3 is 6.09 Å². The van der Waals surface area contributed by atoms with Crippen LogP contribution in [-0.4, -0.2) is 59.7 Å². The number of aliphatic hydroxyl groups excluding tert-OH is 1. The van der Waals surface area contributed by atoms with Gasteiger partial charge in [-0.2, -0.15) is 0 Å². The minimum absolute atomic E-state index is 0.0837. The number of fused-ring (bicyclic) bond motifs is 2. The van der Waals surface area contributed by atoms with Crippen molar-refractivity contribution in [1.82, 2.24) is 14.9 Å². The molecule has 1 saturated heterocycles. The van der Waals surface area contributed by atoms with E-state index in [0.717, 1.165) is 5.39 Å². The Morgan fingerprint density at radius 2 is 2.06 bits per heavy atom.